The summed E-state index contributed by atoms with van der Waals surface area (Å²) >= 11 is 0. The maximum absolute atomic E-state index is 14.5. The van der Waals surface area contributed by atoms with Gasteiger partial charge in [-0.2, -0.15) is 0 Å². The number of methoxy groups -OCH3 is 1. The van der Waals surface area contributed by atoms with E-state index in [4.69, 9.17) is 14.2 Å². The van der Waals surface area contributed by atoms with Crippen molar-refractivity contribution >= 4 is 90.7 Å². The first-order chi connectivity index (χ1) is 39.1. The van der Waals surface area contributed by atoms with Crippen LogP contribution in [0.25, 0.3) is 33.2 Å². The Morgan fingerprint density at radius 3 is 2.35 bits per heavy atom. The number of aliphatic carboxylic acids is 1. The second-order valence-corrected chi connectivity index (χ2v) is 22.4. The fourth-order valence-corrected chi connectivity index (χ4v) is 11.3. The Balaban J connectivity index is 0.801. The van der Waals surface area contributed by atoms with Crippen molar-refractivity contribution in [2.75, 3.05) is 43.0 Å². The maximum atomic E-state index is 14.5. The predicted molar refractivity (Wildman–Crippen MR) is 294 cm³/mol. The van der Waals surface area contributed by atoms with Gasteiger partial charge >= 0.3 is 12.1 Å². The molecule has 1 unspecified atom stereocenters. The monoisotopic (exact) mass is 1190 g/mol. The molecule has 0 aliphatic carbocycles. The lowest BCUT2D eigenvalue weighted by molar-refractivity contribution is -0.141. The Bertz CT molecular complexity index is 3480. The SMILES string of the molecule is C=NC[C@@H]1CC(F)(F)CN1C(=O)[C@H](C)NC(=O)c1ccnc(CNC(=O)CCC(=O)NC(CSSCCOC(=O)OCc2ccc(-c3ccnc4ccc(-c5cnc(OC)c(NS(=O)(=O)c6ccc(F)cc6F)c5)cc34)cn2)C(=O)O)c1. The molecule has 22 nitrogen and oxygen atoms in total. The number of hydrogen-bond acceptors (Lipinski definition) is 18. The lowest BCUT2D eigenvalue weighted by Crippen LogP contribution is -2.49. The fraction of sp³-hybridized carbons (Fsp3) is 0.302. The van der Waals surface area contributed by atoms with Crippen LogP contribution in [0.1, 0.15) is 47.9 Å². The van der Waals surface area contributed by atoms with Gasteiger partial charge in [-0.25, -0.2) is 40.6 Å². The van der Waals surface area contributed by atoms with Crippen LogP contribution >= 0.6 is 21.6 Å². The van der Waals surface area contributed by atoms with E-state index in [1.165, 1.54) is 55.4 Å². The number of benzene rings is 2. The van der Waals surface area contributed by atoms with Gasteiger partial charge in [-0.1, -0.05) is 33.7 Å². The molecule has 6 aromatic rings. The van der Waals surface area contributed by atoms with E-state index in [1.807, 2.05) is 6.07 Å². The number of nitrogens with one attached hydrogen (secondary N) is 4. The van der Waals surface area contributed by atoms with Crippen molar-refractivity contribution in [3.63, 3.8) is 0 Å². The van der Waals surface area contributed by atoms with Crippen LogP contribution in [-0.2, 0) is 51.8 Å². The number of carbonyl (C=O) groups excluding carboxylic acids is 5. The molecular formula is C53H52F4N10O12S3. The zero-order chi connectivity index (χ0) is 59.1. The van der Waals surface area contributed by atoms with Gasteiger partial charge in [0, 0.05) is 83.7 Å². The summed E-state index contributed by atoms with van der Waals surface area (Å²) in [5.74, 6) is -9.22. The van der Waals surface area contributed by atoms with Crippen molar-refractivity contribution in [3.05, 3.63) is 126 Å². The van der Waals surface area contributed by atoms with Crippen molar-refractivity contribution in [1.29, 1.82) is 0 Å². The zero-order valence-corrected chi connectivity index (χ0v) is 46.1. The number of hydrogen-bond donors (Lipinski definition) is 5. The number of carboxylic acid groups (broad SMARTS) is 1. The number of alkyl halides is 2. The third kappa shape index (κ3) is 16.6. The second-order valence-electron chi connectivity index (χ2n) is 18.1. The van der Waals surface area contributed by atoms with Crippen LogP contribution in [0.4, 0.5) is 28.0 Å². The number of nitrogens with zero attached hydrogens (tertiary/aromatic N) is 6. The number of sulfonamides is 1. The van der Waals surface area contributed by atoms with Gasteiger partial charge in [0.2, 0.25) is 23.6 Å². The minimum Gasteiger partial charge on any atom is -0.480 e. The van der Waals surface area contributed by atoms with E-state index < -0.39 is 99.3 Å². The predicted octanol–water partition coefficient (Wildman–Crippen LogP) is 6.60. The van der Waals surface area contributed by atoms with Gasteiger partial charge in [-0.3, -0.25) is 43.8 Å². The van der Waals surface area contributed by atoms with Gasteiger partial charge in [0.05, 0.1) is 49.7 Å². The summed E-state index contributed by atoms with van der Waals surface area (Å²) in [6.07, 6.45) is 3.77. The molecule has 7 rings (SSSR count). The van der Waals surface area contributed by atoms with Gasteiger partial charge in [0.1, 0.15) is 47.5 Å². The topological polar surface area (TPSA) is 300 Å². The summed E-state index contributed by atoms with van der Waals surface area (Å²) in [6, 6.07) is 13.5. The van der Waals surface area contributed by atoms with Gasteiger partial charge in [0.25, 0.3) is 21.9 Å². The Labute approximate surface area is 474 Å². The average Bonchev–Trinajstić information content (AvgIpc) is 3.63. The third-order valence-corrected chi connectivity index (χ3v) is 16.0. The summed E-state index contributed by atoms with van der Waals surface area (Å²) < 4.78 is 100. The van der Waals surface area contributed by atoms with Crippen molar-refractivity contribution in [2.24, 2.45) is 4.99 Å². The summed E-state index contributed by atoms with van der Waals surface area (Å²) in [5.41, 5.74) is 3.74. The molecule has 29 heteroatoms. The standard InChI is InChI=1S/C53H52F4N10O12S3/c1-30(50(71)67-29-53(56,57)22-38(67)26-58-2)64-48(70)32-12-14-59-37(18-32)25-62-46(68)10-11-47(69)65-44(51(72)73)28-81-80-17-16-78-52(74)79-27-36-7-4-33(23-61-36)39-13-15-60-42-8-5-31(19-40(39)42)34-20-43(49(77-3)63-24-34)66-82(75,76)45-9-6-35(54)21-41(45)55/h4-9,12-15,18-21,23-24,30,38,44,66H,2,10-11,16-17,22,25-29H2,1,3H3,(H,62,68)(H,64,70)(H,65,69)(H,72,73)/t30-,38-,44?/m0/s1. The van der Waals surface area contributed by atoms with Gasteiger partial charge < -0.3 is 40.2 Å². The molecule has 0 spiro atoms. The average molecular weight is 1190 g/mol. The van der Waals surface area contributed by atoms with E-state index in [1.54, 1.807) is 42.7 Å². The zero-order valence-electron chi connectivity index (χ0n) is 43.6. The van der Waals surface area contributed by atoms with Crippen molar-refractivity contribution < 1.29 is 74.1 Å². The van der Waals surface area contributed by atoms with Crippen molar-refractivity contribution in [3.8, 4) is 28.1 Å². The molecule has 82 heavy (non-hydrogen) atoms. The second kappa shape index (κ2) is 27.8. The molecule has 4 amide bonds. The highest BCUT2D eigenvalue weighted by molar-refractivity contribution is 8.76. The summed E-state index contributed by atoms with van der Waals surface area (Å²) in [7, 11) is -0.969. The molecule has 1 aliphatic heterocycles. The van der Waals surface area contributed by atoms with Gasteiger partial charge in [-0.15, -0.1) is 0 Å². The number of fused-ring (bicyclic) bond motifs is 1. The van der Waals surface area contributed by atoms with Crippen molar-refractivity contribution in [2.45, 2.75) is 68.3 Å². The van der Waals surface area contributed by atoms with Gasteiger partial charge in [0.15, 0.2) is 0 Å². The molecule has 1 aliphatic rings. The Kier molecular flexibility index (Phi) is 20.8. The van der Waals surface area contributed by atoms with Crippen LogP contribution in [0, 0.1) is 11.6 Å². The molecular weight excluding hydrogens is 1140 g/mol. The van der Waals surface area contributed by atoms with E-state index in [2.05, 4.69) is 52.3 Å². The molecule has 5 heterocycles. The lowest BCUT2D eigenvalue weighted by atomic mass is 9.98. The molecule has 5 N–H and O–H groups in total. The molecule has 0 radical (unpaired) electrons. The van der Waals surface area contributed by atoms with Crippen LogP contribution in [0.15, 0.2) is 107 Å². The maximum Gasteiger partial charge on any atom is 0.508 e. The number of carboxylic acids is 1. The number of carbonyl (C=O) groups is 6. The number of aliphatic imine (C=N–C) groups is 1. The summed E-state index contributed by atoms with van der Waals surface area (Å²) in [5, 5.41) is 17.8. The third-order valence-electron chi connectivity index (χ3n) is 12.2. The number of aromatic nitrogens is 4. The fourth-order valence-electron chi connectivity index (χ4n) is 8.21. The van der Waals surface area contributed by atoms with E-state index in [0.717, 1.165) is 33.4 Å². The highest BCUT2D eigenvalue weighted by Gasteiger charge is 2.47. The largest absolute Gasteiger partial charge is 0.508 e. The molecule has 432 valence electrons. The molecule has 0 saturated carbocycles. The van der Waals surface area contributed by atoms with Crippen LogP contribution in [-0.4, -0.2) is 143 Å². The smallest absolute Gasteiger partial charge is 0.480 e. The van der Waals surface area contributed by atoms with Crippen LogP contribution in [0.3, 0.4) is 0 Å². The molecule has 0 bridgehead atoms. The number of anilines is 1. The first kappa shape index (κ1) is 61.2. The highest BCUT2D eigenvalue weighted by Crippen LogP contribution is 2.36. The highest BCUT2D eigenvalue weighted by atomic mass is 33.1. The van der Waals surface area contributed by atoms with E-state index in [-0.39, 0.29) is 73.5 Å². The number of ether oxygens (including phenoxy) is 3. The first-order valence-corrected chi connectivity index (χ1v) is 28.7. The van der Waals surface area contributed by atoms with Crippen LogP contribution < -0.4 is 25.4 Å². The normalized spacial score (nSPS) is 14.5. The minimum absolute atomic E-state index is 0.0668. The molecule has 1 saturated heterocycles. The summed E-state index contributed by atoms with van der Waals surface area (Å²) in [4.78, 5) is 96.5. The quantitative estimate of drug-likeness (QED) is 0.0126. The lowest BCUT2D eigenvalue weighted by Gasteiger charge is -2.26. The molecule has 3 atom stereocenters. The van der Waals surface area contributed by atoms with Crippen molar-refractivity contribution in [1.82, 2.24) is 40.8 Å². The minimum atomic E-state index is -4.53. The van der Waals surface area contributed by atoms with Crippen LogP contribution in [0.5, 0.6) is 5.88 Å². The number of halogens is 4. The Morgan fingerprint density at radius 1 is 0.866 bits per heavy atom. The Hall–Kier alpha value is -8.44. The summed E-state index contributed by atoms with van der Waals surface area (Å²) in [6.45, 7) is 3.35. The van der Waals surface area contributed by atoms with Crippen LogP contribution in [0.2, 0.25) is 0 Å². The molecule has 4 aromatic heterocycles. The molecule has 2 aromatic carbocycles. The number of pyridine rings is 4. The van der Waals surface area contributed by atoms with Gasteiger partial charge in [-0.05, 0) is 79.4 Å². The van der Waals surface area contributed by atoms with E-state index in [0.29, 0.717) is 39.4 Å². The van der Waals surface area contributed by atoms with E-state index >= 15 is 0 Å². The molecule has 1 fully saturated rings. The number of amides is 4. The number of rotatable bonds is 26. The Morgan fingerprint density at radius 2 is 1.62 bits per heavy atom. The first-order valence-electron chi connectivity index (χ1n) is 24.7. The number of likely N-dealkylation sites (tertiary alicyclic amines) is 1. The van der Waals surface area contributed by atoms with E-state index in [9.17, 15) is 59.9 Å².